The summed E-state index contributed by atoms with van der Waals surface area (Å²) < 4.78 is 6.91. The molecule has 0 fully saturated rings. The molecule has 7 heteroatoms. The van der Waals surface area contributed by atoms with E-state index in [-0.39, 0.29) is 17.3 Å². The molecule has 32 heavy (non-hydrogen) atoms. The average Bonchev–Trinajstić information content (AvgIpc) is 2.96. The number of esters is 1. The number of anilines is 1. The number of amides is 1. The maximum absolute atomic E-state index is 13.4. The Morgan fingerprint density at radius 1 is 0.938 bits per heavy atom. The van der Waals surface area contributed by atoms with Gasteiger partial charge in [0.2, 0.25) is 0 Å². The zero-order valence-electron chi connectivity index (χ0n) is 18.7. The SMILES string of the molecule is Cc1c(C(=O)OC(C)(C)C)c(NC(=O)c2cccc(Cl)c2)n(C(=O)c2ccccc2)c1C. The van der Waals surface area contributed by atoms with Gasteiger partial charge in [-0.2, -0.15) is 0 Å². The zero-order valence-corrected chi connectivity index (χ0v) is 19.4. The number of halogens is 1. The largest absolute Gasteiger partial charge is 0.456 e. The molecule has 0 atom stereocenters. The Balaban J connectivity index is 2.16. The molecular formula is C25H25ClN2O4. The first-order valence-electron chi connectivity index (χ1n) is 10.1. The summed E-state index contributed by atoms with van der Waals surface area (Å²) in [6.45, 7) is 8.70. The van der Waals surface area contributed by atoms with Crippen molar-refractivity contribution in [2.24, 2.45) is 0 Å². The number of rotatable bonds is 4. The van der Waals surface area contributed by atoms with Crippen LogP contribution >= 0.6 is 11.6 Å². The summed E-state index contributed by atoms with van der Waals surface area (Å²) in [5, 5.41) is 3.14. The lowest BCUT2D eigenvalue weighted by Gasteiger charge is -2.20. The number of benzene rings is 2. The molecule has 0 bridgehead atoms. The first-order valence-corrected chi connectivity index (χ1v) is 10.5. The van der Waals surface area contributed by atoms with Gasteiger partial charge in [0, 0.05) is 21.8 Å². The molecule has 0 unspecified atom stereocenters. The van der Waals surface area contributed by atoms with Crippen LogP contribution in [-0.2, 0) is 4.74 Å². The van der Waals surface area contributed by atoms with Gasteiger partial charge in [-0.05, 0) is 70.5 Å². The highest BCUT2D eigenvalue weighted by molar-refractivity contribution is 6.31. The first kappa shape index (κ1) is 23.3. The van der Waals surface area contributed by atoms with Crippen LogP contribution in [0.3, 0.4) is 0 Å². The summed E-state index contributed by atoms with van der Waals surface area (Å²) >= 11 is 6.02. The summed E-state index contributed by atoms with van der Waals surface area (Å²) in [5.41, 5.74) is 1.17. The smallest absolute Gasteiger partial charge is 0.342 e. The lowest BCUT2D eigenvalue weighted by molar-refractivity contribution is 0.00701. The molecule has 6 nitrogen and oxygen atoms in total. The van der Waals surface area contributed by atoms with Crippen LogP contribution in [0.25, 0.3) is 0 Å². The molecule has 0 spiro atoms. The Morgan fingerprint density at radius 3 is 2.16 bits per heavy atom. The average molecular weight is 453 g/mol. The minimum atomic E-state index is -0.753. The van der Waals surface area contributed by atoms with Gasteiger partial charge in [-0.15, -0.1) is 0 Å². The summed E-state index contributed by atoms with van der Waals surface area (Å²) in [7, 11) is 0. The van der Waals surface area contributed by atoms with E-state index in [0.717, 1.165) is 0 Å². The van der Waals surface area contributed by atoms with E-state index in [0.29, 0.717) is 27.4 Å². The molecule has 1 heterocycles. The van der Waals surface area contributed by atoms with Crippen molar-refractivity contribution in [2.45, 2.75) is 40.2 Å². The maximum atomic E-state index is 13.4. The van der Waals surface area contributed by atoms with Gasteiger partial charge in [0.15, 0.2) is 0 Å². The lowest BCUT2D eigenvalue weighted by Crippen LogP contribution is -2.26. The first-order chi connectivity index (χ1) is 15.0. The van der Waals surface area contributed by atoms with E-state index in [9.17, 15) is 14.4 Å². The molecule has 1 aromatic heterocycles. The van der Waals surface area contributed by atoms with E-state index in [2.05, 4.69) is 5.32 Å². The van der Waals surface area contributed by atoms with Gasteiger partial charge in [0.05, 0.1) is 0 Å². The number of hydrogen-bond donors (Lipinski definition) is 1. The molecule has 166 valence electrons. The molecule has 3 aromatic rings. The Hall–Kier alpha value is -3.38. The highest BCUT2D eigenvalue weighted by atomic mass is 35.5. The predicted molar refractivity (Wildman–Crippen MR) is 125 cm³/mol. The molecule has 0 aliphatic carbocycles. The number of aromatic nitrogens is 1. The van der Waals surface area contributed by atoms with Crippen molar-refractivity contribution < 1.29 is 19.1 Å². The zero-order chi connectivity index (χ0) is 23.6. The molecule has 3 rings (SSSR count). The van der Waals surface area contributed by atoms with E-state index in [4.69, 9.17) is 16.3 Å². The standard InChI is InChI=1S/C25H25ClN2O4/c1-15-16(2)28(23(30)17-10-7-6-8-11-17)21(20(15)24(31)32-25(3,4)5)27-22(29)18-12-9-13-19(26)14-18/h6-14H,1-5H3,(H,27,29). The van der Waals surface area contributed by atoms with Gasteiger partial charge < -0.3 is 10.1 Å². The van der Waals surface area contributed by atoms with Crippen molar-refractivity contribution in [2.75, 3.05) is 5.32 Å². The summed E-state index contributed by atoms with van der Waals surface area (Å²) in [6.07, 6.45) is 0. The normalized spacial score (nSPS) is 11.2. The summed E-state index contributed by atoms with van der Waals surface area (Å²) in [6, 6.07) is 15.1. The van der Waals surface area contributed by atoms with Crippen molar-refractivity contribution in [1.82, 2.24) is 4.57 Å². The monoisotopic (exact) mass is 452 g/mol. The number of hydrogen-bond acceptors (Lipinski definition) is 4. The van der Waals surface area contributed by atoms with E-state index >= 15 is 0 Å². The van der Waals surface area contributed by atoms with Gasteiger partial charge in [-0.3, -0.25) is 14.2 Å². The van der Waals surface area contributed by atoms with Crippen LogP contribution in [0.1, 0.15) is 63.1 Å². The van der Waals surface area contributed by atoms with Crippen molar-refractivity contribution in [3.63, 3.8) is 0 Å². The Bertz CT molecular complexity index is 1190. The second-order valence-corrected chi connectivity index (χ2v) is 8.84. The molecule has 0 radical (unpaired) electrons. The molecule has 0 saturated carbocycles. The minimum Gasteiger partial charge on any atom is -0.456 e. The van der Waals surface area contributed by atoms with Gasteiger partial charge in [0.25, 0.3) is 11.8 Å². The van der Waals surface area contributed by atoms with Crippen LogP contribution in [0.5, 0.6) is 0 Å². The van der Waals surface area contributed by atoms with Crippen LogP contribution in [-0.4, -0.2) is 28.0 Å². The van der Waals surface area contributed by atoms with Crippen LogP contribution in [0, 0.1) is 13.8 Å². The second kappa shape index (κ2) is 9.01. The molecule has 0 aliphatic rings. The van der Waals surface area contributed by atoms with Crippen LogP contribution in [0.2, 0.25) is 5.02 Å². The van der Waals surface area contributed by atoms with Gasteiger partial charge in [-0.1, -0.05) is 35.9 Å². The molecular weight excluding hydrogens is 428 g/mol. The van der Waals surface area contributed by atoms with Gasteiger partial charge in [-0.25, -0.2) is 4.79 Å². The fraction of sp³-hybridized carbons (Fsp3) is 0.240. The van der Waals surface area contributed by atoms with Crippen molar-refractivity contribution in [1.29, 1.82) is 0 Å². The third-order valence-electron chi connectivity index (χ3n) is 4.86. The third-order valence-corrected chi connectivity index (χ3v) is 5.09. The highest BCUT2D eigenvalue weighted by Gasteiger charge is 2.31. The lowest BCUT2D eigenvalue weighted by atomic mass is 10.1. The Labute approximate surface area is 192 Å². The topological polar surface area (TPSA) is 77.4 Å². The number of carbonyl (C=O) groups excluding carboxylic acids is 3. The highest BCUT2D eigenvalue weighted by Crippen LogP contribution is 2.30. The van der Waals surface area contributed by atoms with Gasteiger partial charge >= 0.3 is 5.97 Å². The Morgan fingerprint density at radius 2 is 1.56 bits per heavy atom. The van der Waals surface area contributed by atoms with Crippen molar-refractivity contribution in [3.05, 3.63) is 87.6 Å². The minimum absolute atomic E-state index is 0.0630. The van der Waals surface area contributed by atoms with E-state index in [1.54, 1.807) is 83.1 Å². The fourth-order valence-corrected chi connectivity index (χ4v) is 3.47. The van der Waals surface area contributed by atoms with E-state index in [1.807, 2.05) is 0 Å². The predicted octanol–water partition coefficient (Wildman–Crippen LogP) is 5.65. The molecule has 2 aromatic carbocycles. The molecule has 1 amide bonds. The van der Waals surface area contributed by atoms with E-state index in [1.165, 1.54) is 10.6 Å². The number of nitrogens with zero attached hydrogens (tertiary/aromatic N) is 1. The summed E-state index contributed by atoms with van der Waals surface area (Å²) in [5.74, 6) is -1.44. The quantitative estimate of drug-likeness (QED) is 0.518. The molecule has 0 saturated heterocycles. The second-order valence-electron chi connectivity index (χ2n) is 8.41. The fourth-order valence-electron chi connectivity index (χ4n) is 3.28. The maximum Gasteiger partial charge on any atom is 0.342 e. The number of nitrogens with one attached hydrogen (secondary N) is 1. The van der Waals surface area contributed by atoms with Crippen molar-refractivity contribution >= 4 is 35.2 Å². The van der Waals surface area contributed by atoms with Crippen molar-refractivity contribution in [3.8, 4) is 0 Å². The number of ether oxygens (including phenoxy) is 1. The molecule has 0 aliphatic heterocycles. The van der Waals surface area contributed by atoms with Crippen LogP contribution in [0.15, 0.2) is 54.6 Å². The number of carbonyl (C=O) groups is 3. The van der Waals surface area contributed by atoms with Crippen LogP contribution < -0.4 is 5.32 Å². The third kappa shape index (κ3) is 4.92. The molecule has 1 N–H and O–H groups in total. The Kier molecular flexibility index (Phi) is 6.55. The van der Waals surface area contributed by atoms with E-state index < -0.39 is 17.5 Å². The van der Waals surface area contributed by atoms with Gasteiger partial charge in [0.1, 0.15) is 17.0 Å². The summed E-state index contributed by atoms with van der Waals surface area (Å²) in [4.78, 5) is 39.5. The van der Waals surface area contributed by atoms with Crippen LogP contribution in [0.4, 0.5) is 5.82 Å².